The Hall–Kier alpha value is -4.45. The SMILES string of the molecule is C=C(C)C(=O)OCCN(C)c1ccc(N=Nc2ccc(N=Nc3ccc(N(CCO)CCO)cc3)cc2)cc1.CC.CN. The molecule has 3 aromatic carbocycles. The van der Waals surface area contributed by atoms with E-state index in [9.17, 15) is 15.0 Å². The molecule has 11 heteroatoms. The van der Waals surface area contributed by atoms with Crippen molar-refractivity contribution in [3.05, 3.63) is 84.9 Å². The quantitative estimate of drug-likeness (QED) is 0.111. The van der Waals surface area contributed by atoms with Gasteiger partial charge in [-0.15, -0.1) is 0 Å². The molecule has 11 nitrogen and oxygen atoms in total. The number of hydrogen-bond acceptors (Lipinski definition) is 11. The monoisotopic (exact) mass is 591 g/mol. The van der Waals surface area contributed by atoms with Gasteiger partial charge in [-0.25, -0.2) is 4.79 Å². The molecule has 0 unspecified atom stereocenters. The normalized spacial score (nSPS) is 10.4. The van der Waals surface area contributed by atoms with Crippen molar-refractivity contribution in [3.63, 3.8) is 0 Å². The first-order valence-electron chi connectivity index (χ1n) is 14.1. The predicted octanol–water partition coefficient (Wildman–Crippen LogP) is 6.47. The van der Waals surface area contributed by atoms with E-state index in [1.807, 2.05) is 103 Å². The van der Waals surface area contributed by atoms with Crippen LogP contribution in [0.5, 0.6) is 0 Å². The van der Waals surface area contributed by atoms with Crippen molar-refractivity contribution in [1.29, 1.82) is 0 Å². The summed E-state index contributed by atoms with van der Waals surface area (Å²) in [5.41, 5.74) is 9.53. The molecule has 0 radical (unpaired) electrons. The second-order valence-corrected chi connectivity index (χ2v) is 8.72. The van der Waals surface area contributed by atoms with Gasteiger partial charge in [0.25, 0.3) is 0 Å². The number of carbonyl (C=O) groups excluding carboxylic acids is 1. The van der Waals surface area contributed by atoms with Crippen LogP contribution < -0.4 is 15.5 Å². The minimum atomic E-state index is -0.386. The van der Waals surface area contributed by atoms with Gasteiger partial charge in [-0.3, -0.25) is 0 Å². The fourth-order valence-corrected chi connectivity index (χ4v) is 3.46. The zero-order chi connectivity index (χ0) is 32.0. The number of carbonyl (C=O) groups is 1. The van der Waals surface area contributed by atoms with Crippen molar-refractivity contribution in [2.75, 3.05) is 63.4 Å². The van der Waals surface area contributed by atoms with E-state index in [2.05, 4.69) is 32.8 Å². The minimum absolute atomic E-state index is 0.0126. The summed E-state index contributed by atoms with van der Waals surface area (Å²) in [7, 11) is 3.42. The molecular weight excluding hydrogens is 546 g/mol. The molecule has 43 heavy (non-hydrogen) atoms. The second kappa shape index (κ2) is 21.3. The van der Waals surface area contributed by atoms with E-state index in [1.54, 1.807) is 6.92 Å². The minimum Gasteiger partial charge on any atom is -0.460 e. The third-order valence-electron chi connectivity index (χ3n) is 5.67. The van der Waals surface area contributed by atoms with E-state index < -0.39 is 0 Å². The van der Waals surface area contributed by atoms with Crippen molar-refractivity contribution in [3.8, 4) is 0 Å². The summed E-state index contributed by atoms with van der Waals surface area (Å²) < 4.78 is 5.14. The highest BCUT2D eigenvalue weighted by Gasteiger charge is 2.06. The van der Waals surface area contributed by atoms with Crippen LogP contribution in [-0.4, -0.2) is 69.7 Å². The van der Waals surface area contributed by atoms with Crippen molar-refractivity contribution in [2.45, 2.75) is 20.8 Å². The summed E-state index contributed by atoms with van der Waals surface area (Å²) in [6, 6.07) is 22.3. The van der Waals surface area contributed by atoms with Crippen LogP contribution in [0.3, 0.4) is 0 Å². The molecule has 4 N–H and O–H groups in total. The maximum absolute atomic E-state index is 11.5. The van der Waals surface area contributed by atoms with Crippen LogP contribution in [0.4, 0.5) is 34.1 Å². The average molecular weight is 592 g/mol. The number of esters is 1. The Morgan fingerprint density at radius 1 is 0.721 bits per heavy atom. The fourth-order valence-electron chi connectivity index (χ4n) is 3.46. The van der Waals surface area contributed by atoms with Crippen LogP contribution in [0.25, 0.3) is 0 Å². The molecule has 3 aromatic rings. The van der Waals surface area contributed by atoms with E-state index in [4.69, 9.17) is 4.74 Å². The Kier molecular flexibility index (Phi) is 18.1. The Morgan fingerprint density at radius 2 is 1.07 bits per heavy atom. The first-order valence-corrected chi connectivity index (χ1v) is 14.1. The van der Waals surface area contributed by atoms with Gasteiger partial charge in [0.2, 0.25) is 0 Å². The van der Waals surface area contributed by atoms with Crippen LogP contribution in [-0.2, 0) is 9.53 Å². The van der Waals surface area contributed by atoms with Crippen molar-refractivity contribution < 1.29 is 19.7 Å². The first-order chi connectivity index (χ1) is 20.9. The highest BCUT2D eigenvalue weighted by atomic mass is 16.5. The number of aliphatic hydroxyl groups is 2. The molecule has 0 aliphatic heterocycles. The molecule has 0 saturated carbocycles. The van der Waals surface area contributed by atoms with Crippen molar-refractivity contribution in [1.82, 2.24) is 0 Å². The van der Waals surface area contributed by atoms with Crippen molar-refractivity contribution in [2.24, 2.45) is 26.2 Å². The van der Waals surface area contributed by atoms with Gasteiger partial charge in [0.1, 0.15) is 6.61 Å². The third-order valence-corrected chi connectivity index (χ3v) is 5.67. The molecule has 0 aliphatic rings. The molecule has 0 aromatic heterocycles. The molecular formula is C32H45N7O4. The number of nitrogens with two attached hydrogens (primary N) is 1. The lowest BCUT2D eigenvalue weighted by molar-refractivity contribution is -0.138. The van der Waals surface area contributed by atoms with Gasteiger partial charge in [0.15, 0.2) is 0 Å². The van der Waals surface area contributed by atoms with Crippen LogP contribution in [0.2, 0.25) is 0 Å². The van der Waals surface area contributed by atoms with Gasteiger partial charge in [-0.1, -0.05) is 20.4 Å². The van der Waals surface area contributed by atoms with Gasteiger partial charge in [0, 0.05) is 37.1 Å². The summed E-state index contributed by atoms with van der Waals surface area (Å²) in [6.45, 7) is 11.0. The molecule has 0 heterocycles. The second-order valence-electron chi connectivity index (χ2n) is 8.72. The van der Waals surface area contributed by atoms with Gasteiger partial charge in [-0.05, 0) is 86.8 Å². The predicted molar refractivity (Wildman–Crippen MR) is 175 cm³/mol. The first kappa shape index (κ1) is 36.6. The molecule has 0 atom stereocenters. The third kappa shape index (κ3) is 13.4. The smallest absolute Gasteiger partial charge is 0.333 e. The van der Waals surface area contributed by atoms with Crippen LogP contribution >= 0.6 is 0 Å². The molecule has 0 aliphatic carbocycles. The van der Waals surface area contributed by atoms with E-state index in [0.29, 0.717) is 48.0 Å². The summed E-state index contributed by atoms with van der Waals surface area (Å²) in [5.74, 6) is -0.386. The number of likely N-dealkylation sites (N-methyl/N-ethyl adjacent to an activating group) is 1. The van der Waals surface area contributed by atoms with Crippen molar-refractivity contribution >= 4 is 40.1 Å². The Labute approximate surface area is 255 Å². The summed E-state index contributed by atoms with van der Waals surface area (Å²) in [4.78, 5) is 15.4. The summed E-state index contributed by atoms with van der Waals surface area (Å²) in [6.07, 6.45) is 0. The van der Waals surface area contributed by atoms with E-state index in [0.717, 1.165) is 11.4 Å². The van der Waals surface area contributed by atoms with E-state index >= 15 is 0 Å². The molecule has 232 valence electrons. The number of aliphatic hydroxyl groups excluding tert-OH is 2. The number of nitrogens with zero attached hydrogens (tertiary/aromatic N) is 6. The molecule has 0 fully saturated rings. The summed E-state index contributed by atoms with van der Waals surface area (Å²) >= 11 is 0. The number of benzene rings is 3. The zero-order valence-electron chi connectivity index (χ0n) is 25.8. The average Bonchev–Trinajstić information content (AvgIpc) is 3.05. The van der Waals surface area contributed by atoms with Crippen LogP contribution in [0, 0.1) is 0 Å². The Bertz CT molecular complexity index is 1260. The molecule has 0 amide bonds. The number of hydrogen-bond donors (Lipinski definition) is 3. The lowest BCUT2D eigenvalue weighted by Gasteiger charge is -2.22. The number of azo groups is 2. The maximum Gasteiger partial charge on any atom is 0.333 e. The molecule has 0 bridgehead atoms. The maximum atomic E-state index is 11.5. The van der Waals surface area contributed by atoms with Crippen LogP contribution in [0.15, 0.2) is 105 Å². The molecule has 0 saturated heterocycles. The number of ether oxygens (including phenoxy) is 1. The Balaban J connectivity index is 0.00000221. The number of rotatable bonds is 14. The lowest BCUT2D eigenvalue weighted by atomic mass is 10.2. The highest BCUT2D eigenvalue weighted by Crippen LogP contribution is 2.25. The van der Waals surface area contributed by atoms with Crippen LogP contribution in [0.1, 0.15) is 20.8 Å². The molecule has 0 spiro atoms. The van der Waals surface area contributed by atoms with Gasteiger partial charge in [0.05, 0.1) is 42.5 Å². The fraction of sp³-hybridized carbons (Fsp3) is 0.344. The van der Waals surface area contributed by atoms with Gasteiger partial charge < -0.3 is 30.5 Å². The zero-order valence-corrected chi connectivity index (χ0v) is 25.8. The Morgan fingerprint density at radius 3 is 1.42 bits per heavy atom. The molecule has 3 rings (SSSR count). The standard InChI is InChI=1S/C29H34N6O4.C2H6.CH5N/c1-22(2)29(38)39-21-18-34(3)27-12-8-25(9-13-27)32-30-23-4-6-24(7-5-23)31-33-26-10-14-28(15-11-26)35(16-19-36)17-20-37;2*1-2/h4-15,36-37H,1,16-21H2,2-3H3;1-2H3;2H2,1H3. The van der Waals surface area contributed by atoms with Gasteiger partial charge in [-0.2, -0.15) is 20.5 Å². The summed E-state index contributed by atoms with van der Waals surface area (Å²) in [5, 5.41) is 35.5. The van der Waals surface area contributed by atoms with E-state index in [1.165, 1.54) is 7.05 Å². The highest BCUT2D eigenvalue weighted by molar-refractivity contribution is 5.86. The van der Waals surface area contributed by atoms with E-state index in [-0.39, 0.29) is 25.8 Å². The van der Waals surface area contributed by atoms with Gasteiger partial charge >= 0.3 is 5.97 Å². The largest absolute Gasteiger partial charge is 0.460 e. The number of anilines is 2. The topological polar surface area (TPSA) is 149 Å². The lowest BCUT2D eigenvalue weighted by Crippen LogP contribution is -2.29.